The van der Waals surface area contributed by atoms with Crippen molar-refractivity contribution < 1.29 is 0 Å². The Balaban J connectivity index is 2.37. The van der Waals surface area contributed by atoms with E-state index < -0.39 is 0 Å². The summed E-state index contributed by atoms with van der Waals surface area (Å²) in [7, 11) is 0. The van der Waals surface area contributed by atoms with E-state index in [4.69, 9.17) is 0 Å². The Morgan fingerprint density at radius 3 is 2.79 bits per heavy atom. The molecule has 1 N–H and O–H groups in total. The number of aromatic nitrogens is 2. The van der Waals surface area contributed by atoms with Crippen LogP contribution in [0.3, 0.4) is 0 Å². The second-order valence-corrected chi connectivity index (χ2v) is 3.58. The van der Waals surface area contributed by atoms with Gasteiger partial charge in [-0.15, -0.1) is 0 Å². The van der Waals surface area contributed by atoms with Crippen LogP contribution in [0, 0.1) is 0 Å². The first-order chi connectivity index (χ1) is 6.88. The number of hydrogen-bond donors (Lipinski definition) is 1. The molecule has 0 spiro atoms. The summed E-state index contributed by atoms with van der Waals surface area (Å²) in [6.07, 6.45) is 8.79. The lowest BCUT2D eigenvalue weighted by molar-refractivity contribution is 0.634. The normalized spacial score (nSPS) is 10.4. The SMILES string of the molecule is CCCCNc1nccn1CCCC. The van der Waals surface area contributed by atoms with Gasteiger partial charge in [-0.25, -0.2) is 4.98 Å². The molecular weight excluding hydrogens is 174 g/mol. The molecule has 80 valence electrons. The summed E-state index contributed by atoms with van der Waals surface area (Å²) in [6, 6.07) is 0. The van der Waals surface area contributed by atoms with E-state index in [9.17, 15) is 0 Å². The Bertz CT molecular complexity index is 242. The van der Waals surface area contributed by atoms with E-state index in [-0.39, 0.29) is 0 Å². The number of aryl methyl sites for hydroxylation is 1. The standard InChI is InChI=1S/C11H21N3/c1-3-5-7-12-11-13-8-10-14(11)9-6-4-2/h8,10H,3-7,9H2,1-2H3,(H,12,13). The third kappa shape index (κ3) is 3.40. The number of nitrogens with zero attached hydrogens (tertiary/aromatic N) is 2. The molecule has 1 aromatic heterocycles. The van der Waals surface area contributed by atoms with E-state index in [1.165, 1.54) is 25.7 Å². The quantitative estimate of drug-likeness (QED) is 0.678. The average Bonchev–Trinajstić information content (AvgIpc) is 2.63. The van der Waals surface area contributed by atoms with Crippen molar-refractivity contribution in [2.45, 2.75) is 46.1 Å². The molecule has 1 aromatic rings. The summed E-state index contributed by atoms with van der Waals surface area (Å²) in [5.74, 6) is 1.02. The van der Waals surface area contributed by atoms with Gasteiger partial charge in [0.1, 0.15) is 0 Å². The first-order valence-corrected chi connectivity index (χ1v) is 5.63. The number of anilines is 1. The van der Waals surface area contributed by atoms with Gasteiger partial charge >= 0.3 is 0 Å². The van der Waals surface area contributed by atoms with E-state index in [0.29, 0.717) is 0 Å². The van der Waals surface area contributed by atoms with Crippen molar-refractivity contribution >= 4 is 5.95 Å². The fourth-order valence-corrected chi connectivity index (χ4v) is 1.36. The van der Waals surface area contributed by atoms with Gasteiger partial charge in [0.15, 0.2) is 0 Å². The van der Waals surface area contributed by atoms with Gasteiger partial charge in [-0.1, -0.05) is 26.7 Å². The van der Waals surface area contributed by atoms with Crippen LogP contribution in [0.4, 0.5) is 5.95 Å². The Labute approximate surface area is 86.5 Å². The topological polar surface area (TPSA) is 29.9 Å². The Morgan fingerprint density at radius 1 is 1.29 bits per heavy atom. The molecule has 1 heterocycles. The first kappa shape index (κ1) is 11.1. The van der Waals surface area contributed by atoms with Crippen LogP contribution in [0.1, 0.15) is 39.5 Å². The molecule has 0 radical (unpaired) electrons. The molecule has 3 heteroatoms. The number of unbranched alkanes of at least 4 members (excludes halogenated alkanes) is 2. The Kier molecular flexibility index (Phi) is 5.12. The lowest BCUT2D eigenvalue weighted by atomic mass is 10.3. The second kappa shape index (κ2) is 6.46. The Morgan fingerprint density at radius 2 is 2.07 bits per heavy atom. The molecule has 0 aliphatic carbocycles. The van der Waals surface area contributed by atoms with Crippen molar-refractivity contribution in [3.8, 4) is 0 Å². The van der Waals surface area contributed by atoms with E-state index in [0.717, 1.165) is 19.0 Å². The highest BCUT2D eigenvalue weighted by Gasteiger charge is 1.99. The minimum Gasteiger partial charge on any atom is -0.356 e. The zero-order valence-corrected chi connectivity index (χ0v) is 9.29. The van der Waals surface area contributed by atoms with Crippen molar-refractivity contribution in [1.29, 1.82) is 0 Å². The summed E-state index contributed by atoms with van der Waals surface area (Å²) in [5, 5.41) is 3.35. The molecule has 0 bridgehead atoms. The van der Waals surface area contributed by atoms with Crippen molar-refractivity contribution in [1.82, 2.24) is 9.55 Å². The maximum Gasteiger partial charge on any atom is 0.202 e. The minimum absolute atomic E-state index is 1.02. The summed E-state index contributed by atoms with van der Waals surface area (Å²) in [5.41, 5.74) is 0. The van der Waals surface area contributed by atoms with Crippen molar-refractivity contribution in [3.63, 3.8) is 0 Å². The highest BCUT2D eigenvalue weighted by Crippen LogP contribution is 2.06. The second-order valence-electron chi connectivity index (χ2n) is 3.58. The monoisotopic (exact) mass is 195 g/mol. The van der Waals surface area contributed by atoms with E-state index in [1.54, 1.807) is 0 Å². The highest BCUT2D eigenvalue weighted by molar-refractivity contribution is 5.25. The molecule has 0 aromatic carbocycles. The van der Waals surface area contributed by atoms with Gasteiger partial charge in [0.2, 0.25) is 5.95 Å². The van der Waals surface area contributed by atoms with Crippen molar-refractivity contribution in [3.05, 3.63) is 12.4 Å². The van der Waals surface area contributed by atoms with Gasteiger partial charge in [0, 0.05) is 25.5 Å². The molecule has 3 nitrogen and oxygen atoms in total. The largest absolute Gasteiger partial charge is 0.356 e. The zero-order chi connectivity index (χ0) is 10.2. The summed E-state index contributed by atoms with van der Waals surface area (Å²) >= 11 is 0. The molecule has 14 heavy (non-hydrogen) atoms. The molecular formula is C11H21N3. The lowest BCUT2D eigenvalue weighted by Crippen LogP contribution is -2.08. The molecule has 0 atom stereocenters. The van der Waals surface area contributed by atoms with Crippen LogP contribution in [-0.2, 0) is 6.54 Å². The predicted molar refractivity (Wildman–Crippen MR) is 60.5 cm³/mol. The molecule has 0 saturated heterocycles. The fraction of sp³-hybridized carbons (Fsp3) is 0.727. The molecule has 0 saturated carbocycles. The van der Waals surface area contributed by atoms with Gasteiger partial charge in [-0.05, 0) is 12.8 Å². The van der Waals surface area contributed by atoms with Crippen LogP contribution in [0.2, 0.25) is 0 Å². The van der Waals surface area contributed by atoms with E-state index in [2.05, 4.69) is 28.7 Å². The molecule has 0 fully saturated rings. The highest BCUT2D eigenvalue weighted by atomic mass is 15.2. The summed E-state index contributed by atoms with van der Waals surface area (Å²) in [4.78, 5) is 4.29. The van der Waals surface area contributed by atoms with E-state index >= 15 is 0 Å². The van der Waals surface area contributed by atoms with Gasteiger partial charge < -0.3 is 9.88 Å². The van der Waals surface area contributed by atoms with Crippen LogP contribution < -0.4 is 5.32 Å². The lowest BCUT2D eigenvalue weighted by Gasteiger charge is -2.08. The maximum absolute atomic E-state index is 4.29. The molecule has 0 aliphatic rings. The van der Waals surface area contributed by atoms with Crippen LogP contribution >= 0.6 is 0 Å². The van der Waals surface area contributed by atoms with Crippen LogP contribution in [0.15, 0.2) is 12.4 Å². The van der Waals surface area contributed by atoms with Gasteiger partial charge in [-0.2, -0.15) is 0 Å². The average molecular weight is 195 g/mol. The first-order valence-electron chi connectivity index (χ1n) is 5.63. The predicted octanol–water partition coefficient (Wildman–Crippen LogP) is 2.90. The summed E-state index contributed by atoms with van der Waals surface area (Å²) < 4.78 is 2.19. The van der Waals surface area contributed by atoms with E-state index in [1.807, 2.05) is 12.4 Å². The molecule has 1 rings (SSSR count). The van der Waals surface area contributed by atoms with Gasteiger partial charge in [0.05, 0.1) is 0 Å². The van der Waals surface area contributed by atoms with Crippen LogP contribution in [0.25, 0.3) is 0 Å². The van der Waals surface area contributed by atoms with Crippen LogP contribution in [0.5, 0.6) is 0 Å². The fourth-order valence-electron chi connectivity index (χ4n) is 1.36. The number of nitrogens with one attached hydrogen (secondary N) is 1. The summed E-state index contributed by atoms with van der Waals surface area (Å²) in [6.45, 7) is 6.51. The molecule has 0 unspecified atom stereocenters. The smallest absolute Gasteiger partial charge is 0.202 e. The zero-order valence-electron chi connectivity index (χ0n) is 9.29. The number of hydrogen-bond acceptors (Lipinski definition) is 2. The van der Waals surface area contributed by atoms with Crippen molar-refractivity contribution in [2.24, 2.45) is 0 Å². The van der Waals surface area contributed by atoms with Gasteiger partial charge in [0.25, 0.3) is 0 Å². The maximum atomic E-state index is 4.29. The van der Waals surface area contributed by atoms with Crippen molar-refractivity contribution in [2.75, 3.05) is 11.9 Å². The third-order valence-electron chi connectivity index (χ3n) is 2.28. The minimum atomic E-state index is 1.02. The number of rotatable bonds is 7. The third-order valence-corrected chi connectivity index (χ3v) is 2.28. The Hall–Kier alpha value is -0.990. The molecule has 0 aliphatic heterocycles. The number of imidazole rings is 1. The van der Waals surface area contributed by atoms with Gasteiger partial charge in [-0.3, -0.25) is 0 Å². The molecule has 0 amide bonds. The van der Waals surface area contributed by atoms with Crippen LogP contribution in [-0.4, -0.2) is 16.1 Å².